The predicted octanol–water partition coefficient (Wildman–Crippen LogP) is 2.27. The number of rotatable bonds is 4. The molecule has 2 heterocycles. The molecular weight excluding hydrogens is 280 g/mol. The SMILES string of the molecule is Cc1cc(-n2cccn2)ccc1COC(=O)c1cnn(C)c1. The minimum Gasteiger partial charge on any atom is -0.457 e. The number of carbonyl (C=O) groups is 1. The second-order valence-electron chi connectivity index (χ2n) is 5.04. The van der Waals surface area contributed by atoms with E-state index < -0.39 is 0 Å². The van der Waals surface area contributed by atoms with Gasteiger partial charge >= 0.3 is 5.97 Å². The van der Waals surface area contributed by atoms with Crippen molar-refractivity contribution in [2.24, 2.45) is 7.05 Å². The monoisotopic (exact) mass is 296 g/mol. The molecule has 0 radical (unpaired) electrons. The van der Waals surface area contributed by atoms with Gasteiger partial charge in [0.05, 0.1) is 17.4 Å². The number of aromatic nitrogens is 4. The minimum absolute atomic E-state index is 0.235. The van der Waals surface area contributed by atoms with Crippen LogP contribution in [0.1, 0.15) is 21.5 Å². The summed E-state index contributed by atoms with van der Waals surface area (Å²) in [6, 6.07) is 7.79. The van der Waals surface area contributed by atoms with Crippen molar-refractivity contribution in [3.63, 3.8) is 0 Å². The maximum absolute atomic E-state index is 11.9. The van der Waals surface area contributed by atoms with E-state index in [4.69, 9.17) is 4.74 Å². The molecule has 0 aliphatic heterocycles. The average molecular weight is 296 g/mol. The number of nitrogens with zero attached hydrogens (tertiary/aromatic N) is 4. The Hall–Kier alpha value is -2.89. The summed E-state index contributed by atoms with van der Waals surface area (Å²) < 4.78 is 8.68. The Morgan fingerprint density at radius 1 is 1.32 bits per heavy atom. The summed E-state index contributed by atoms with van der Waals surface area (Å²) in [4.78, 5) is 11.9. The van der Waals surface area contributed by atoms with E-state index in [0.29, 0.717) is 5.56 Å². The van der Waals surface area contributed by atoms with Gasteiger partial charge in [-0.25, -0.2) is 9.48 Å². The Morgan fingerprint density at radius 2 is 2.18 bits per heavy atom. The number of esters is 1. The molecule has 112 valence electrons. The largest absolute Gasteiger partial charge is 0.457 e. The van der Waals surface area contributed by atoms with Crippen LogP contribution in [0.15, 0.2) is 49.1 Å². The van der Waals surface area contributed by atoms with Crippen LogP contribution in [0.2, 0.25) is 0 Å². The summed E-state index contributed by atoms with van der Waals surface area (Å²) in [7, 11) is 1.76. The average Bonchev–Trinajstić information content (AvgIpc) is 3.17. The molecule has 0 amide bonds. The molecule has 6 heteroatoms. The maximum Gasteiger partial charge on any atom is 0.341 e. The molecule has 22 heavy (non-hydrogen) atoms. The molecule has 1 aromatic carbocycles. The quantitative estimate of drug-likeness (QED) is 0.693. The first-order chi connectivity index (χ1) is 10.6. The number of hydrogen-bond acceptors (Lipinski definition) is 4. The Morgan fingerprint density at radius 3 is 2.82 bits per heavy atom. The van der Waals surface area contributed by atoms with Gasteiger partial charge in [-0.15, -0.1) is 0 Å². The molecule has 3 aromatic rings. The highest BCUT2D eigenvalue weighted by atomic mass is 16.5. The van der Waals surface area contributed by atoms with Gasteiger partial charge in [-0.2, -0.15) is 10.2 Å². The van der Waals surface area contributed by atoms with Gasteiger partial charge in [-0.05, 0) is 36.2 Å². The zero-order valence-electron chi connectivity index (χ0n) is 12.4. The summed E-state index contributed by atoms with van der Waals surface area (Å²) in [5.74, 6) is -0.372. The van der Waals surface area contributed by atoms with E-state index in [9.17, 15) is 4.79 Å². The predicted molar refractivity (Wildman–Crippen MR) is 80.6 cm³/mol. The zero-order valence-corrected chi connectivity index (χ0v) is 12.4. The summed E-state index contributed by atoms with van der Waals surface area (Å²) in [6.45, 7) is 2.22. The molecule has 0 atom stereocenters. The lowest BCUT2D eigenvalue weighted by atomic mass is 10.1. The molecule has 0 fully saturated rings. The summed E-state index contributed by atoms with van der Waals surface area (Å²) in [5, 5.41) is 8.15. The second-order valence-corrected chi connectivity index (χ2v) is 5.04. The summed E-state index contributed by atoms with van der Waals surface area (Å²) >= 11 is 0. The van der Waals surface area contributed by atoms with Crippen LogP contribution >= 0.6 is 0 Å². The van der Waals surface area contributed by atoms with Gasteiger partial charge < -0.3 is 4.74 Å². The molecule has 0 saturated carbocycles. The first-order valence-corrected chi connectivity index (χ1v) is 6.89. The minimum atomic E-state index is -0.372. The van der Waals surface area contributed by atoms with Crippen LogP contribution in [0.25, 0.3) is 5.69 Å². The van der Waals surface area contributed by atoms with Gasteiger partial charge in [0.1, 0.15) is 6.61 Å². The van der Waals surface area contributed by atoms with Crippen LogP contribution in [-0.2, 0) is 18.4 Å². The fraction of sp³-hybridized carbons (Fsp3) is 0.188. The lowest BCUT2D eigenvalue weighted by Gasteiger charge is -2.09. The van der Waals surface area contributed by atoms with Crippen molar-refractivity contribution in [2.75, 3.05) is 0 Å². The van der Waals surface area contributed by atoms with Crippen molar-refractivity contribution in [1.29, 1.82) is 0 Å². The first-order valence-electron chi connectivity index (χ1n) is 6.89. The van der Waals surface area contributed by atoms with E-state index in [1.54, 1.807) is 28.8 Å². The van der Waals surface area contributed by atoms with Crippen molar-refractivity contribution in [2.45, 2.75) is 13.5 Å². The Bertz CT molecular complexity index is 790. The van der Waals surface area contributed by atoms with Crippen molar-refractivity contribution in [3.8, 4) is 5.69 Å². The number of benzene rings is 1. The molecular formula is C16H16N4O2. The third-order valence-corrected chi connectivity index (χ3v) is 3.39. The van der Waals surface area contributed by atoms with Crippen molar-refractivity contribution >= 4 is 5.97 Å². The third kappa shape index (κ3) is 2.90. The van der Waals surface area contributed by atoms with E-state index in [-0.39, 0.29) is 12.6 Å². The van der Waals surface area contributed by atoms with Crippen LogP contribution in [0, 0.1) is 6.92 Å². The topological polar surface area (TPSA) is 61.9 Å². The standard InChI is InChI=1S/C16H16N4O2/c1-12-8-15(20-7-3-6-17-20)5-4-13(12)11-22-16(21)14-9-18-19(2)10-14/h3-10H,11H2,1-2H3. The van der Waals surface area contributed by atoms with Crippen LogP contribution in [-0.4, -0.2) is 25.5 Å². The van der Waals surface area contributed by atoms with Crippen LogP contribution in [0.3, 0.4) is 0 Å². The normalized spacial score (nSPS) is 10.6. The van der Waals surface area contributed by atoms with Gasteiger partial charge in [0.15, 0.2) is 0 Å². The lowest BCUT2D eigenvalue weighted by molar-refractivity contribution is 0.0472. The molecule has 0 bridgehead atoms. The van der Waals surface area contributed by atoms with Gasteiger partial charge in [0.25, 0.3) is 0 Å². The lowest BCUT2D eigenvalue weighted by Crippen LogP contribution is -2.06. The van der Waals surface area contributed by atoms with Crippen molar-refractivity contribution < 1.29 is 9.53 Å². The zero-order chi connectivity index (χ0) is 15.5. The highest BCUT2D eigenvalue weighted by Crippen LogP contribution is 2.15. The molecule has 0 saturated heterocycles. The van der Waals surface area contributed by atoms with Crippen LogP contribution in [0.4, 0.5) is 0 Å². The fourth-order valence-electron chi connectivity index (χ4n) is 2.16. The fourth-order valence-corrected chi connectivity index (χ4v) is 2.16. The van der Waals surface area contributed by atoms with E-state index in [1.807, 2.05) is 37.4 Å². The smallest absolute Gasteiger partial charge is 0.341 e. The molecule has 0 spiro atoms. The molecule has 6 nitrogen and oxygen atoms in total. The molecule has 2 aromatic heterocycles. The maximum atomic E-state index is 11.9. The summed E-state index contributed by atoms with van der Waals surface area (Å²) in [6.07, 6.45) is 6.75. The van der Waals surface area contributed by atoms with E-state index >= 15 is 0 Å². The highest BCUT2D eigenvalue weighted by Gasteiger charge is 2.10. The number of hydrogen-bond donors (Lipinski definition) is 0. The van der Waals surface area contributed by atoms with Crippen molar-refractivity contribution in [1.82, 2.24) is 19.6 Å². The molecule has 0 N–H and O–H groups in total. The summed E-state index contributed by atoms with van der Waals surface area (Å²) in [5.41, 5.74) is 3.44. The van der Waals surface area contributed by atoms with Crippen LogP contribution in [0.5, 0.6) is 0 Å². The number of ether oxygens (including phenoxy) is 1. The second kappa shape index (κ2) is 5.85. The van der Waals surface area contributed by atoms with Crippen LogP contribution < -0.4 is 0 Å². The third-order valence-electron chi connectivity index (χ3n) is 3.39. The van der Waals surface area contributed by atoms with Gasteiger partial charge in [0.2, 0.25) is 0 Å². The molecule has 3 rings (SSSR count). The van der Waals surface area contributed by atoms with Gasteiger partial charge in [0, 0.05) is 25.6 Å². The Kier molecular flexibility index (Phi) is 3.74. The number of aryl methyl sites for hydroxylation is 2. The van der Waals surface area contributed by atoms with E-state index in [2.05, 4.69) is 10.2 Å². The molecule has 0 aliphatic carbocycles. The highest BCUT2D eigenvalue weighted by molar-refractivity contribution is 5.88. The van der Waals surface area contributed by atoms with E-state index in [0.717, 1.165) is 16.8 Å². The van der Waals surface area contributed by atoms with Gasteiger partial charge in [-0.1, -0.05) is 6.07 Å². The van der Waals surface area contributed by atoms with Gasteiger partial charge in [-0.3, -0.25) is 4.68 Å². The number of carbonyl (C=O) groups excluding carboxylic acids is 1. The Balaban J connectivity index is 1.69. The first kappa shape index (κ1) is 14.1. The van der Waals surface area contributed by atoms with Crippen molar-refractivity contribution in [3.05, 3.63) is 65.7 Å². The molecule has 0 aliphatic rings. The van der Waals surface area contributed by atoms with E-state index in [1.165, 1.54) is 6.20 Å². The Labute approximate surface area is 127 Å². The molecule has 0 unspecified atom stereocenters.